The van der Waals surface area contributed by atoms with Gasteiger partial charge in [0.25, 0.3) is 0 Å². The highest BCUT2D eigenvalue weighted by molar-refractivity contribution is 5.90. The van der Waals surface area contributed by atoms with Crippen LogP contribution in [0.2, 0.25) is 0 Å². The summed E-state index contributed by atoms with van der Waals surface area (Å²) >= 11 is 0. The molecule has 1 aliphatic heterocycles. The fourth-order valence-corrected chi connectivity index (χ4v) is 4.32. The van der Waals surface area contributed by atoms with Gasteiger partial charge in [-0.05, 0) is 57.9 Å². The molecule has 0 aliphatic carbocycles. The van der Waals surface area contributed by atoms with Gasteiger partial charge in [-0.15, -0.1) is 5.10 Å². The van der Waals surface area contributed by atoms with Crippen LogP contribution in [0.4, 0.5) is 10.6 Å². The molecule has 2 N–H and O–H groups in total. The SMILES string of the molecule is COCC1(c2cc(-n3nc(N)c4ccccc43)ccn2)CCN(C(=O)OC(C)(C)C)CC1. The number of carbonyl (C=O) groups excluding carboxylic acids is 1. The van der Waals surface area contributed by atoms with Gasteiger partial charge < -0.3 is 20.1 Å². The summed E-state index contributed by atoms with van der Waals surface area (Å²) in [5.74, 6) is 0.497. The number of carbonyl (C=O) groups is 1. The van der Waals surface area contributed by atoms with Crippen molar-refractivity contribution < 1.29 is 14.3 Å². The van der Waals surface area contributed by atoms with E-state index in [1.807, 2.05) is 55.8 Å². The highest BCUT2D eigenvalue weighted by Gasteiger charge is 2.40. The van der Waals surface area contributed by atoms with Gasteiger partial charge in [-0.2, -0.15) is 0 Å². The summed E-state index contributed by atoms with van der Waals surface area (Å²) in [6.07, 6.45) is 3.00. The zero-order valence-corrected chi connectivity index (χ0v) is 19.2. The molecule has 1 aliphatic rings. The molecule has 1 amide bonds. The third kappa shape index (κ3) is 4.27. The van der Waals surface area contributed by atoms with E-state index in [1.165, 1.54) is 0 Å². The molecule has 0 atom stereocenters. The number of hydrogen-bond donors (Lipinski definition) is 1. The van der Waals surface area contributed by atoms with Crippen LogP contribution in [-0.4, -0.2) is 58.2 Å². The van der Waals surface area contributed by atoms with Crippen LogP contribution in [0.25, 0.3) is 16.6 Å². The van der Waals surface area contributed by atoms with E-state index >= 15 is 0 Å². The number of nitrogens with zero attached hydrogens (tertiary/aromatic N) is 4. The number of ether oxygens (including phenoxy) is 2. The molecule has 1 fully saturated rings. The minimum atomic E-state index is -0.511. The Morgan fingerprint density at radius 1 is 1.19 bits per heavy atom. The lowest BCUT2D eigenvalue weighted by atomic mass is 9.76. The molecular weight excluding hydrogens is 406 g/mol. The number of benzene rings is 1. The Hall–Kier alpha value is -3.13. The fourth-order valence-electron chi connectivity index (χ4n) is 4.32. The Morgan fingerprint density at radius 3 is 2.59 bits per heavy atom. The average Bonchev–Trinajstić information content (AvgIpc) is 3.10. The topological polar surface area (TPSA) is 95.5 Å². The molecule has 8 nitrogen and oxygen atoms in total. The number of anilines is 1. The average molecular weight is 438 g/mol. The number of fused-ring (bicyclic) bond motifs is 1. The van der Waals surface area contributed by atoms with Crippen LogP contribution in [0.3, 0.4) is 0 Å². The lowest BCUT2D eigenvalue weighted by Gasteiger charge is -2.41. The van der Waals surface area contributed by atoms with Crippen LogP contribution in [0.1, 0.15) is 39.3 Å². The summed E-state index contributed by atoms with van der Waals surface area (Å²) in [6.45, 7) is 7.33. The zero-order chi connectivity index (χ0) is 22.9. The number of hydrogen-bond acceptors (Lipinski definition) is 6. The minimum Gasteiger partial charge on any atom is -0.444 e. The number of nitrogens with two attached hydrogens (primary N) is 1. The molecule has 3 aromatic rings. The summed E-state index contributed by atoms with van der Waals surface area (Å²) in [4.78, 5) is 19.0. The molecule has 0 unspecified atom stereocenters. The summed E-state index contributed by atoms with van der Waals surface area (Å²) in [6, 6.07) is 11.9. The number of amides is 1. The summed E-state index contributed by atoms with van der Waals surface area (Å²) in [5.41, 5.74) is 8.11. The lowest BCUT2D eigenvalue weighted by Crippen LogP contribution is -2.48. The first-order valence-corrected chi connectivity index (χ1v) is 10.9. The second kappa shape index (κ2) is 8.43. The molecule has 0 bridgehead atoms. The number of methoxy groups -OCH3 is 1. The van der Waals surface area contributed by atoms with Crippen LogP contribution >= 0.6 is 0 Å². The third-order valence-corrected chi connectivity index (χ3v) is 5.94. The van der Waals surface area contributed by atoms with E-state index in [-0.39, 0.29) is 11.5 Å². The Kier molecular flexibility index (Phi) is 5.81. The standard InChI is InChI=1S/C24H31N5O3/c1-23(2,3)32-22(30)28-13-10-24(11-14-28,16-31-4)20-15-17(9-12-26-20)29-19-8-6-5-7-18(19)21(25)27-29/h5-9,12,15H,10-11,13-14,16H2,1-4H3,(H2,25,27). The molecule has 1 saturated heterocycles. The van der Waals surface area contributed by atoms with Gasteiger partial charge in [-0.25, -0.2) is 9.48 Å². The predicted octanol–water partition coefficient (Wildman–Crippen LogP) is 3.92. The van der Waals surface area contributed by atoms with E-state index in [0.29, 0.717) is 25.5 Å². The van der Waals surface area contributed by atoms with E-state index in [2.05, 4.69) is 11.2 Å². The predicted molar refractivity (Wildman–Crippen MR) is 124 cm³/mol. The lowest BCUT2D eigenvalue weighted by molar-refractivity contribution is 0.00925. The van der Waals surface area contributed by atoms with E-state index in [0.717, 1.165) is 35.1 Å². The van der Waals surface area contributed by atoms with Crippen LogP contribution < -0.4 is 5.73 Å². The molecule has 3 heterocycles. The third-order valence-electron chi connectivity index (χ3n) is 5.94. The van der Waals surface area contributed by atoms with Crippen molar-refractivity contribution in [1.29, 1.82) is 0 Å². The molecule has 0 saturated carbocycles. The van der Waals surface area contributed by atoms with Crippen molar-refractivity contribution in [3.8, 4) is 5.69 Å². The molecule has 4 rings (SSSR count). The van der Waals surface area contributed by atoms with E-state index in [1.54, 1.807) is 18.2 Å². The van der Waals surface area contributed by atoms with E-state index in [4.69, 9.17) is 20.2 Å². The number of para-hydroxylation sites is 1. The van der Waals surface area contributed by atoms with Gasteiger partial charge >= 0.3 is 6.09 Å². The summed E-state index contributed by atoms with van der Waals surface area (Å²) < 4.78 is 13.0. The number of pyridine rings is 1. The minimum absolute atomic E-state index is 0.274. The highest BCUT2D eigenvalue weighted by Crippen LogP contribution is 2.36. The Labute approximate surface area is 188 Å². The molecule has 170 valence electrons. The molecule has 8 heteroatoms. The largest absolute Gasteiger partial charge is 0.444 e. The monoisotopic (exact) mass is 437 g/mol. The van der Waals surface area contributed by atoms with Crippen molar-refractivity contribution >= 4 is 22.8 Å². The molecule has 32 heavy (non-hydrogen) atoms. The van der Waals surface area contributed by atoms with Crippen molar-refractivity contribution in [1.82, 2.24) is 19.7 Å². The number of piperidine rings is 1. The molecule has 0 radical (unpaired) electrons. The Bertz CT molecular complexity index is 1110. The van der Waals surface area contributed by atoms with Gasteiger partial charge in [0.2, 0.25) is 0 Å². The first kappa shape index (κ1) is 22.1. The quantitative estimate of drug-likeness (QED) is 0.665. The number of aromatic nitrogens is 3. The maximum atomic E-state index is 12.5. The summed E-state index contributed by atoms with van der Waals surface area (Å²) in [7, 11) is 1.70. The zero-order valence-electron chi connectivity index (χ0n) is 19.2. The van der Waals surface area contributed by atoms with Gasteiger partial charge in [-0.1, -0.05) is 12.1 Å². The Morgan fingerprint density at radius 2 is 1.91 bits per heavy atom. The van der Waals surface area contributed by atoms with Crippen LogP contribution in [0.15, 0.2) is 42.6 Å². The molecule has 1 aromatic carbocycles. The second-order valence-corrected chi connectivity index (χ2v) is 9.39. The molecule has 2 aromatic heterocycles. The van der Waals surface area contributed by atoms with Gasteiger partial charge in [-0.3, -0.25) is 4.98 Å². The van der Waals surface area contributed by atoms with Gasteiger partial charge in [0.15, 0.2) is 5.82 Å². The Balaban J connectivity index is 1.62. The first-order chi connectivity index (χ1) is 15.2. The van der Waals surface area contributed by atoms with Crippen LogP contribution in [0, 0.1) is 0 Å². The number of likely N-dealkylation sites (tertiary alicyclic amines) is 1. The fraction of sp³-hybridized carbons (Fsp3) is 0.458. The normalized spacial score (nSPS) is 16.3. The molecular formula is C24H31N5O3. The highest BCUT2D eigenvalue weighted by atomic mass is 16.6. The van der Waals surface area contributed by atoms with E-state index in [9.17, 15) is 4.79 Å². The van der Waals surface area contributed by atoms with Gasteiger partial charge in [0.05, 0.1) is 23.5 Å². The second-order valence-electron chi connectivity index (χ2n) is 9.39. The maximum Gasteiger partial charge on any atom is 0.410 e. The van der Waals surface area contributed by atoms with Gasteiger partial charge in [0.1, 0.15) is 5.60 Å². The van der Waals surface area contributed by atoms with Crippen molar-refractivity contribution in [2.24, 2.45) is 0 Å². The smallest absolute Gasteiger partial charge is 0.410 e. The van der Waals surface area contributed by atoms with Crippen LogP contribution in [-0.2, 0) is 14.9 Å². The van der Waals surface area contributed by atoms with Crippen molar-refractivity contribution in [3.05, 3.63) is 48.3 Å². The van der Waals surface area contributed by atoms with Crippen molar-refractivity contribution in [2.45, 2.75) is 44.6 Å². The number of nitrogen functional groups attached to an aromatic ring is 1. The van der Waals surface area contributed by atoms with Crippen LogP contribution in [0.5, 0.6) is 0 Å². The van der Waals surface area contributed by atoms with Crippen molar-refractivity contribution in [2.75, 3.05) is 32.5 Å². The first-order valence-electron chi connectivity index (χ1n) is 10.9. The van der Waals surface area contributed by atoms with Crippen molar-refractivity contribution in [3.63, 3.8) is 0 Å². The van der Waals surface area contributed by atoms with Gasteiger partial charge in [0, 0.05) is 37.2 Å². The summed E-state index contributed by atoms with van der Waals surface area (Å²) in [5, 5.41) is 5.47. The maximum absolute atomic E-state index is 12.5. The number of rotatable bonds is 4. The molecule has 0 spiro atoms. The van der Waals surface area contributed by atoms with E-state index < -0.39 is 5.60 Å².